The summed E-state index contributed by atoms with van der Waals surface area (Å²) in [6.45, 7) is 5.54. The van der Waals surface area contributed by atoms with E-state index in [4.69, 9.17) is 5.73 Å². The summed E-state index contributed by atoms with van der Waals surface area (Å²) >= 11 is 0. The SMILES string of the molecule is CCCCCCCCC(N)NCCCC. The molecular formula is C13H30N2. The lowest BCUT2D eigenvalue weighted by Crippen LogP contribution is -2.37. The maximum Gasteiger partial charge on any atom is 0.0546 e. The van der Waals surface area contributed by atoms with Crippen molar-refractivity contribution in [2.45, 2.75) is 77.8 Å². The Bertz CT molecular complexity index is 115. The van der Waals surface area contributed by atoms with Crippen molar-refractivity contribution in [2.75, 3.05) is 6.54 Å². The highest BCUT2D eigenvalue weighted by atomic mass is 15.0. The molecule has 2 nitrogen and oxygen atoms in total. The van der Waals surface area contributed by atoms with E-state index in [1.807, 2.05) is 0 Å². The molecule has 0 fully saturated rings. The number of nitrogens with one attached hydrogen (secondary N) is 1. The summed E-state index contributed by atoms with van der Waals surface area (Å²) in [6.07, 6.45) is 12.0. The van der Waals surface area contributed by atoms with Crippen molar-refractivity contribution in [1.29, 1.82) is 0 Å². The Labute approximate surface area is 96.0 Å². The van der Waals surface area contributed by atoms with Crippen LogP contribution in [0, 0.1) is 0 Å². The van der Waals surface area contributed by atoms with Gasteiger partial charge in [0.25, 0.3) is 0 Å². The van der Waals surface area contributed by atoms with E-state index in [0.717, 1.165) is 13.0 Å². The van der Waals surface area contributed by atoms with Crippen molar-refractivity contribution in [3.05, 3.63) is 0 Å². The number of unbranched alkanes of at least 4 members (excludes halogenated alkanes) is 6. The fourth-order valence-corrected chi connectivity index (χ4v) is 1.71. The minimum atomic E-state index is 0.225. The molecule has 0 amide bonds. The summed E-state index contributed by atoms with van der Waals surface area (Å²) in [7, 11) is 0. The zero-order valence-corrected chi connectivity index (χ0v) is 10.7. The fraction of sp³-hybridized carbons (Fsp3) is 1.00. The summed E-state index contributed by atoms with van der Waals surface area (Å²) in [5, 5.41) is 3.36. The summed E-state index contributed by atoms with van der Waals surface area (Å²) < 4.78 is 0. The molecule has 0 aliphatic heterocycles. The van der Waals surface area contributed by atoms with Crippen LogP contribution < -0.4 is 11.1 Å². The van der Waals surface area contributed by atoms with Crippen LogP contribution in [0.2, 0.25) is 0 Å². The van der Waals surface area contributed by atoms with E-state index in [9.17, 15) is 0 Å². The van der Waals surface area contributed by atoms with E-state index in [-0.39, 0.29) is 6.17 Å². The van der Waals surface area contributed by atoms with Crippen LogP contribution in [-0.2, 0) is 0 Å². The molecule has 15 heavy (non-hydrogen) atoms. The Hall–Kier alpha value is -0.0800. The van der Waals surface area contributed by atoms with Gasteiger partial charge in [-0.05, 0) is 19.4 Å². The maximum absolute atomic E-state index is 5.94. The van der Waals surface area contributed by atoms with E-state index < -0.39 is 0 Å². The Morgan fingerprint density at radius 3 is 2.13 bits per heavy atom. The van der Waals surface area contributed by atoms with Crippen LogP contribution in [0.25, 0.3) is 0 Å². The van der Waals surface area contributed by atoms with Gasteiger partial charge in [-0.25, -0.2) is 0 Å². The van der Waals surface area contributed by atoms with Crippen LogP contribution in [0.4, 0.5) is 0 Å². The van der Waals surface area contributed by atoms with Gasteiger partial charge >= 0.3 is 0 Å². The first-order chi connectivity index (χ1) is 7.31. The van der Waals surface area contributed by atoms with Crippen LogP contribution in [0.3, 0.4) is 0 Å². The normalized spacial score (nSPS) is 13.0. The van der Waals surface area contributed by atoms with Gasteiger partial charge in [0.2, 0.25) is 0 Å². The Morgan fingerprint density at radius 2 is 1.47 bits per heavy atom. The summed E-state index contributed by atoms with van der Waals surface area (Å²) in [6, 6.07) is 0. The molecule has 0 aromatic carbocycles. The third-order valence-electron chi connectivity index (χ3n) is 2.81. The second kappa shape index (κ2) is 12.0. The summed E-state index contributed by atoms with van der Waals surface area (Å²) in [5.41, 5.74) is 5.94. The molecule has 3 N–H and O–H groups in total. The van der Waals surface area contributed by atoms with Crippen LogP contribution in [-0.4, -0.2) is 12.7 Å². The second-order valence-corrected chi connectivity index (χ2v) is 4.47. The standard InChI is InChI=1S/C13H30N2/c1-3-5-7-8-9-10-11-13(14)15-12-6-4-2/h13,15H,3-12,14H2,1-2H3. The highest BCUT2D eigenvalue weighted by molar-refractivity contribution is 4.59. The first kappa shape index (κ1) is 14.9. The van der Waals surface area contributed by atoms with Gasteiger partial charge in [-0.15, -0.1) is 0 Å². The third-order valence-corrected chi connectivity index (χ3v) is 2.81. The molecule has 0 rings (SSSR count). The van der Waals surface area contributed by atoms with Gasteiger partial charge in [-0.3, -0.25) is 0 Å². The van der Waals surface area contributed by atoms with E-state index in [0.29, 0.717) is 0 Å². The minimum Gasteiger partial charge on any atom is -0.316 e. The van der Waals surface area contributed by atoms with Crippen molar-refractivity contribution >= 4 is 0 Å². The molecule has 0 bridgehead atoms. The number of rotatable bonds is 11. The van der Waals surface area contributed by atoms with Crippen LogP contribution in [0.1, 0.15) is 71.6 Å². The average Bonchev–Trinajstić information content (AvgIpc) is 2.23. The Balaban J connectivity index is 3.06. The number of nitrogens with two attached hydrogens (primary N) is 1. The van der Waals surface area contributed by atoms with E-state index >= 15 is 0 Å². The quantitative estimate of drug-likeness (QED) is 0.408. The Morgan fingerprint density at radius 1 is 0.867 bits per heavy atom. The van der Waals surface area contributed by atoms with Crippen LogP contribution in [0.5, 0.6) is 0 Å². The molecule has 1 atom stereocenters. The fourth-order valence-electron chi connectivity index (χ4n) is 1.71. The molecule has 0 saturated heterocycles. The highest BCUT2D eigenvalue weighted by Crippen LogP contribution is 2.07. The van der Waals surface area contributed by atoms with Gasteiger partial charge in [0.1, 0.15) is 0 Å². The van der Waals surface area contributed by atoms with Gasteiger partial charge in [-0.2, -0.15) is 0 Å². The van der Waals surface area contributed by atoms with Crippen molar-refractivity contribution in [3.63, 3.8) is 0 Å². The van der Waals surface area contributed by atoms with Crippen molar-refractivity contribution in [3.8, 4) is 0 Å². The topological polar surface area (TPSA) is 38.0 Å². The minimum absolute atomic E-state index is 0.225. The predicted molar refractivity (Wildman–Crippen MR) is 68.9 cm³/mol. The lowest BCUT2D eigenvalue weighted by molar-refractivity contribution is 0.458. The molecule has 92 valence electrons. The van der Waals surface area contributed by atoms with Crippen LogP contribution >= 0.6 is 0 Å². The summed E-state index contributed by atoms with van der Waals surface area (Å²) in [4.78, 5) is 0. The van der Waals surface area contributed by atoms with E-state index in [1.165, 1.54) is 51.4 Å². The van der Waals surface area contributed by atoms with Gasteiger partial charge in [-0.1, -0.05) is 58.8 Å². The van der Waals surface area contributed by atoms with Gasteiger partial charge in [0.15, 0.2) is 0 Å². The monoisotopic (exact) mass is 214 g/mol. The first-order valence-electron chi connectivity index (χ1n) is 6.80. The number of hydrogen-bond acceptors (Lipinski definition) is 2. The summed E-state index contributed by atoms with van der Waals surface area (Å²) in [5.74, 6) is 0. The molecule has 0 radical (unpaired) electrons. The van der Waals surface area contributed by atoms with Crippen LogP contribution in [0.15, 0.2) is 0 Å². The maximum atomic E-state index is 5.94. The molecule has 0 aliphatic rings. The molecule has 0 aromatic rings. The van der Waals surface area contributed by atoms with Crippen molar-refractivity contribution in [1.82, 2.24) is 5.32 Å². The van der Waals surface area contributed by atoms with E-state index in [2.05, 4.69) is 19.2 Å². The second-order valence-electron chi connectivity index (χ2n) is 4.47. The smallest absolute Gasteiger partial charge is 0.0546 e. The lowest BCUT2D eigenvalue weighted by atomic mass is 10.1. The molecule has 0 aromatic heterocycles. The average molecular weight is 214 g/mol. The zero-order valence-electron chi connectivity index (χ0n) is 10.7. The van der Waals surface area contributed by atoms with Gasteiger partial charge in [0.05, 0.1) is 6.17 Å². The third kappa shape index (κ3) is 11.8. The Kier molecular flexibility index (Phi) is 11.9. The molecule has 0 saturated carbocycles. The van der Waals surface area contributed by atoms with Crippen molar-refractivity contribution in [2.24, 2.45) is 5.73 Å². The molecule has 0 heterocycles. The molecule has 0 spiro atoms. The predicted octanol–water partition coefficient (Wildman–Crippen LogP) is 3.41. The number of hydrogen-bond donors (Lipinski definition) is 2. The lowest BCUT2D eigenvalue weighted by Gasteiger charge is -2.13. The largest absolute Gasteiger partial charge is 0.316 e. The van der Waals surface area contributed by atoms with Crippen molar-refractivity contribution < 1.29 is 0 Å². The molecular weight excluding hydrogens is 184 g/mol. The molecule has 2 heteroatoms. The highest BCUT2D eigenvalue weighted by Gasteiger charge is 1.99. The zero-order chi connectivity index (χ0) is 11.4. The van der Waals surface area contributed by atoms with E-state index in [1.54, 1.807) is 0 Å². The van der Waals surface area contributed by atoms with Gasteiger partial charge < -0.3 is 11.1 Å². The molecule has 0 aliphatic carbocycles. The first-order valence-corrected chi connectivity index (χ1v) is 6.80. The van der Waals surface area contributed by atoms with Gasteiger partial charge in [0, 0.05) is 0 Å². The molecule has 1 unspecified atom stereocenters.